The van der Waals surface area contributed by atoms with Crippen molar-refractivity contribution in [2.24, 2.45) is 0 Å². The highest BCUT2D eigenvalue weighted by Gasteiger charge is 2.04. The molecule has 22 heavy (non-hydrogen) atoms. The predicted octanol–water partition coefficient (Wildman–Crippen LogP) is 3.14. The third kappa shape index (κ3) is 4.63. The molecule has 0 unspecified atom stereocenters. The Balaban J connectivity index is 1.82. The number of methoxy groups -OCH3 is 2. The molecule has 2 rings (SSSR count). The van der Waals surface area contributed by atoms with Gasteiger partial charge in [0.1, 0.15) is 0 Å². The summed E-state index contributed by atoms with van der Waals surface area (Å²) in [7, 11) is 3.22. The van der Waals surface area contributed by atoms with Gasteiger partial charge in [-0.2, -0.15) is 0 Å². The lowest BCUT2D eigenvalue weighted by Gasteiger charge is -2.09. The molecule has 1 aromatic heterocycles. The van der Waals surface area contributed by atoms with Crippen LogP contribution < -0.4 is 14.8 Å². The zero-order valence-corrected chi connectivity index (χ0v) is 13.5. The van der Waals surface area contributed by atoms with Crippen molar-refractivity contribution in [2.45, 2.75) is 6.42 Å². The zero-order valence-electron chi connectivity index (χ0n) is 12.7. The van der Waals surface area contributed by atoms with Crippen LogP contribution in [0.15, 0.2) is 41.8 Å². The first-order chi connectivity index (χ1) is 10.7. The molecule has 0 spiro atoms. The molecule has 0 saturated carbocycles. The second-order valence-electron chi connectivity index (χ2n) is 4.58. The van der Waals surface area contributed by atoms with Gasteiger partial charge >= 0.3 is 0 Å². The average Bonchev–Trinajstić information content (AvgIpc) is 3.06. The van der Waals surface area contributed by atoms with Gasteiger partial charge in [0.05, 0.1) is 14.2 Å². The number of benzene rings is 1. The SMILES string of the molecule is COc1ccc(CCNC(=O)/C=C/c2cccs2)cc1OC. The van der Waals surface area contributed by atoms with E-state index in [1.807, 2.05) is 41.8 Å². The Labute approximate surface area is 134 Å². The van der Waals surface area contributed by atoms with E-state index in [4.69, 9.17) is 9.47 Å². The molecule has 1 heterocycles. The molecule has 0 saturated heterocycles. The van der Waals surface area contributed by atoms with Crippen molar-refractivity contribution in [2.75, 3.05) is 20.8 Å². The van der Waals surface area contributed by atoms with Crippen LogP contribution >= 0.6 is 11.3 Å². The molecule has 1 amide bonds. The van der Waals surface area contributed by atoms with Crippen molar-refractivity contribution in [1.29, 1.82) is 0 Å². The Morgan fingerprint density at radius 2 is 2.05 bits per heavy atom. The number of nitrogens with one attached hydrogen (secondary N) is 1. The van der Waals surface area contributed by atoms with Crippen molar-refractivity contribution in [3.05, 3.63) is 52.2 Å². The van der Waals surface area contributed by atoms with Crippen molar-refractivity contribution >= 4 is 23.3 Å². The third-order valence-electron chi connectivity index (χ3n) is 3.10. The number of carbonyl (C=O) groups is 1. The molecular formula is C17H19NO3S. The van der Waals surface area contributed by atoms with Gasteiger partial charge in [-0.25, -0.2) is 0 Å². The third-order valence-corrected chi connectivity index (χ3v) is 3.94. The van der Waals surface area contributed by atoms with Gasteiger partial charge in [-0.3, -0.25) is 4.79 Å². The van der Waals surface area contributed by atoms with Crippen LogP contribution in [0.3, 0.4) is 0 Å². The number of amides is 1. The summed E-state index contributed by atoms with van der Waals surface area (Å²) in [5.74, 6) is 1.31. The largest absolute Gasteiger partial charge is 0.493 e. The van der Waals surface area contributed by atoms with E-state index in [-0.39, 0.29) is 5.91 Å². The summed E-state index contributed by atoms with van der Waals surface area (Å²) < 4.78 is 10.5. The van der Waals surface area contributed by atoms with Crippen LogP contribution in [-0.4, -0.2) is 26.7 Å². The molecule has 116 valence electrons. The van der Waals surface area contributed by atoms with E-state index in [2.05, 4.69) is 5.32 Å². The van der Waals surface area contributed by atoms with E-state index in [1.54, 1.807) is 31.6 Å². The van der Waals surface area contributed by atoms with E-state index in [9.17, 15) is 4.79 Å². The summed E-state index contributed by atoms with van der Waals surface area (Å²) in [6.45, 7) is 0.573. The number of thiophene rings is 1. The Morgan fingerprint density at radius 3 is 2.73 bits per heavy atom. The number of rotatable bonds is 7. The molecule has 5 heteroatoms. The summed E-state index contributed by atoms with van der Waals surface area (Å²) in [6.07, 6.45) is 4.11. The summed E-state index contributed by atoms with van der Waals surface area (Å²) in [4.78, 5) is 12.8. The van der Waals surface area contributed by atoms with E-state index >= 15 is 0 Å². The molecule has 1 aromatic carbocycles. The van der Waals surface area contributed by atoms with Gasteiger partial charge in [0.15, 0.2) is 11.5 Å². The highest BCUT2D eigenvalue weighted by atomic mass is 32.1. The number of ether oxygens (including phenoxy) is 2. The topological polar surface area (TPSA) is 47.6 Å². The summed E-state index contributed by atoms with van der Waals surface area (Å²) in [5.41, 5.74) is 1.08. The minimum Gasteiger partial charge on any atom is -0.493 e. The van der Waals surface area contributed by atoms with Gasteiger partial charge in [-0.15, -0.1) is 11.3 Å². The molecule has 1 N–H and O–H groups in total. The van der Waals surface area contributed by atoms with Crippen molar-refractivity contribution in [1.82, 2.24) is 5.32 Å². The first-order valence-electron chi connectivity index (χ1n) is 6.93. The van der Waals surface area contributed by atoms with Gasteiger partial charge < -0.3 is 14.8 Å². The number of hydrogen-bond acceptors (Lipinski definition) is 4. The fraction of sp³-hybridized carbons (Fsp3) is 0.235. The lowest BCUT2D eigenvalue weighted by molar-refractivity contribution is -0.116. The molecule has 2 aromatic rings. The molecule has 0 fully saturated rings. The van der Waals surface area contributed by atoms with Gasteiger partial charge in [0.25, 0.3) is 0 Å². The van der Waals surface area contributed by atoms with Crippen LogP contribution in [0.4, 0.5) is 0 Å². The van der Waals surface area contributed by atoms with Crippen LogP contribution in [0.1, 0.15) is 10.4 Å². The Bertz CT molecular complexity index is 635. The number of carbonyl (C=O) groups excluding carboxylic acids is 1. The van der Waals surface area contributed by atoms with Gasteiger partial charge in [0.2, 0.25) is 5.91 Å². The average molecular weight is 317 g/mol. The van der Waals surface area contributed by atoms with Crippen LogP contribution in [0.2, 0.25) is 0 Å². The second-order valence-corrected chi connectivity index (χ2v) is 5.56. The molecule has 0 radical (unpaired) electrons. The maximum absolute atomic E-state index is 11.7. The minimum atomic E-state index is -0.0890. The minimum absolute atomic E-state index is 0.0890. The quantitative estimate of drug-likeness (QED) is 0.798. The molecule has 0 aliphatic rings. The first kappa shape index (κ1) is 16.1. The molecular weight excluding hydrogens is 298 g/mol. The van der Waals surface area contributed by atoms with Crippen LogP contribution in [0.5, 0.6) is 11.5 Å². The highest BCUT2D eigenvalue weighted by Crippen LogP contribution is 2.27. The first-order valence-corrected chi connectivity index (χ1v) is 7.81. The fourth-order valence-electron chi connectivity index (χ4n) is 1.97. The van der Waals surface area contributed by atoms with Crippen LogP contribution in [-0.2, 0) is 11.2 Å². The van der Waals surface area contributed by atoms with Crippen LogP contribution in [0, 0.1) is 0 Å². The molecule has 0 aliphatic carbocycles. The van der Waals surface area contributed by atoms with Gasteiger partial charge in [-0.1, -0.05) is 12.1 Å². The fourth-order valence-corrected chi connectivity index (χ4v) is 2.59. The van der Waals surface area contributed by atoms with Crippen molar-refractivity contribution in [3.8, 4) is 11.5 Å². The van der Waals surface area contributed by atoms with E-state index in [0.29, 0.717) is 18.0 Å². The van der Waals surface area contributed by atoms with Crippen LogP contribution in [0.25, 0.3) is 6.08 Å². The van der Waals surface area contributed by atoms with Gasteiger partial charge in [0, 0.05) is 17.5 Å². The Hall–Kier alpha value is -2.27. The standard InChI is InChI=1S/C17H19NO3S/c1-20-15-7-5-13(12-16(15)21-2)9-10-18-17(19)8-6-14-4-3-11-22-14/h3-8,11-12H,9-10H2,1-2H3,(H,18,19)/b8-6+. The lowest BCUT2D eigenvalue weighted by Crippen LogP contribution is -2.23. The van der Waals surface area contributed by atoms with Gasteiger partial charge in [-0.05, 0) is 41.6 Å². The zero-order chi connectivity index (χ0) is 15.8. The van der Waals surface area contributed by atoms with Crippen molar-refractivity contribution < 1.29 is 14.3 Å². The highest BCUT2D eigenvalue weighted by molar-refractivity contribution is 7.10. The molecule has 4 nitrogen and oxygen atoms in total. The Morgan fingerprint density at radius 1 is 1.23 bits per heavy atom. The van der Waals surface area contributed by atoms with E-state index in [0.717, 1.165) is 16.9 Å². The van der Waals surface area contributed by atoms with E-state index < -0.39 is 0 Å². The second kappa shape index (κ2) is 8.24. The normalized spacial score (nSPS) is 10.6. The maximum atomic E-state index is 11.7. The molecule has 0 bridgehead atoms. The molecule has 0 aliphatic heterocycles. The number of hydrogen-bond donors (Lipinski definition) is 1. The van der Waals surface area contributed by atoms with Crippen molar-refractivity contribution in [3.63, 3.8) is 0 Å². The lowest BCUT2D eigenvalue weighted by atomic mass is 10.1. The predicted molar refractivity (Wildman–Crippen MR) is 89.6 cm³/mol. The molecule has 0 atom stereocenters. The Kier molecular flexibility index (Phi) is 6.03. The summed E-state index contributed by atoms with van der Waals surface area (Å²) in [6, 6.07) is 9.69. The van der Waals surface area contributed by atoms with E-state index in [1.165, 1.54) is 0 Å². The summed E-state index contributed by atoms with van der Waals surface area (Å²) >= 11 is 1.60. The summed E-state index contributed by atoms with van der Waals surface area (Å²) in [5, 5.41) is 4.85. The maximum Gasteiger partial charge on any atom is 0.244 e. The smallest absolute Gasteiger partial charge is 0.244 e. The monoisotopic (exact) mass is 317 g/mol.